The Morgan fingerprint density at radius 3 is 2.78 bits per heavy atom. The monoisotopic (exact) mass is 270 g/mol. The first-order chi connectivity index (χ1) is 8.54. The molecular formula is C10H11FN4O2S. The Morgan fingerprint density at radius 1 is 1.39 bits per heavy atom. The summed E-state index contributed by atoms with van der Waals surface area (Å²) >= 11 is 0. The van der Waals surface area contributed by atoms with Crippen molar-refractivity contribution in [2.24, 2.45) is 5.73 Å². The lowest BCUT2D eigenvalue weighted by Gasteiger charge is -2.08. The van der Waals surface area contributed by atoms with E-state index in [0.717, 1.165) is 6.07 Å². The second kappa shape index (κ2) is 4.75. The fourth-order valence-corrected chi connectivity index (χ4v) is 2.63. The van der Waals surface area contributed by atoms with E-state index in [9.17, 15) is 12.8 Å². The molecule has 1 aromatic heterocycles. The number of rotatable bonds is 4. The summed E-state index contributed by atoms with van der Waals surface area (Å²) in [4.78, 5) is 0. The Kier molecular flexibility index (Phi) is 3.30. The standard InChI is InChI=1S/C10H11FN4O2S/c11-8-3-1-2-4-9(8)15-18(16,17)10-7(5-12)6-13-14-10/h1-4,6,15H,5,12H2,(H,13,14). The van der Waals surface area contributed by atoms with Crippen LogP contribution in [-0.2, 0) is 16.6 Å². The number of hydrogen-bond acceptors (Lipinski definition) is 4. The Morgan fingerprint density at radius 2 is 2.11 bits per heavy atom. The molecule has 2 rings (SSSR count). The van der Waals surface area contributed by atoms with Gasteiger partial charge in [-0.15, -0.1) is 0 Å². The number of nitrogens with one attached hydrogen (secondary N) is 2. The highest BCUT2D eigenvalue weighted by molar-refractivity contribution is 7.92. The van der Waals surface area contributed by atoms with Crippen molar-refractivity contribution in [1.82, 2.24) is 10.2 Å². The van der Waals surface area contributed by atoms with Gasteiger partial charge in [0.1, 0.15) is 5.82 Å². The number of H-pyrrole nitrogens is 1. The number of anilines is 1. The number of hydrogen-bond donors (Lipinski definition) is 3. The maximum absolute atomic E-state index is 13.4. The van der Waals surface area contributed by atoms with Crippen LogP contribution in [0.1, 0.15) is 5.56 Å². The Labute approximate surface area is 103 Å². The van der Waals surface area contributed by atoms with E-state index in [2.05, 4.69) is 14.9 Å². The van der Waals surface area contributed by atoms with Crippen LogP contribution in [0.3, 0.4) is 0 Å². The Bertz CT molecular complexity index is 653. The summed E-state index contributed by atoms with van der Waals surface area (Å²) in [5.41, 5.74) is 5.59. The summed E-state index contributed by atoms with van der Waals surface area (Å²) in [6, 6.07) is 5.48. The van der Waals surface area contributed by atoms with Gasteiger partial charge >= 0.3 is 0 Å². The van der Waals surface area contributed by atoms with Gasteiger partial charge in [0.15, 0.2) is 5.03 Å². The second-order valence-electron chi connectivity index (χ2n) is 3.51. The molecule has 0 bridgehead atoms. The van der Waals surface area contributed by atoms with Crippen LogP contribution in [0, 0.1) is 5.82 Å². The van der Waals surface area contributed by atoms with Gasteiger partial charge in [-0.05, 0) is 12.1 Å². The van der Waals surface area contributed by atoms with Crippen molar-refractivity contribution in [3.05, 3.63) is 41.8 Å². The number of nitrogens with two attached hydrogens (primary N) is 1. The van der Waals surface area contributed by atoms with Crippen LogP contribution in [0.5, 0.6) is 0 Å². The largest absolute Gasteiger partial charge is 0.326 e. The molecule has 18 heavy (non-hydrogen) atoms. The minimum Gasteiger partial charge on any atom is -0.326 e. The normalized spacial score (nSPS) is 11.4. The summed E-state index contributed by atoms with van der Waals surface area (Å²) in [5, 5.41) is 5.78. The van der Waals surface area contributed by atoms with Crippen molar-refractivity contribution in [3.63, 3.8) is 0 Å². The SMILES string of the molecule is NCc1cn[nH]c1S(=O)(=O)Nc1ccccc1F. The van der Waals surface area contributed by atoms with Gasteiger partial charge in [-0.25, -0.2) is 4.39 Å². The molecule has 4 N–H and O–H groups in total. The van der Waals surface area contributed by atoms with Crippen LogP contribution >= 0.6 is 0 Å². The molecule has 0 amide bonds. The van der Waals surface area contributed by atoms with E-state index in [1.54, 1.807) is 0 Å². The van der Waals surface area contributed by atoms with Gasteiger partial charge in [-0.2, -0.15) is 13.5 Å². The molecule has 96 valence electrons. The molecule has 0 radical (unpaired) electrons. The number of aromatic nitrogens is 2. The average Bonchev–Trinajstić information content (AvgIpc) is 2.81. The van der Waals surface area contributed by atoms with Crippen LogP contribution in [0.15, 0.2) is 35.5 Å². The average molecular weight is 270 g/mol. The molecule has 0 saturated heterocycles. The first-order valence-electron chi connectivity index (χ1n) is 5.04. The van der Waals surface area contributed by atoms with E-state index in [1.807, 2.05) is 0 Å². The summed E-state index contributed by atoms with van der Waals surface area (Å²) in [5.74, 6) is -0.658. The smallest absolute Gasteiger partial charge is 0.279 e. The van der Waals surface area contributed by atoms with Crippen molar-refractivity contribution in [2.45, 2.75) is 11.6 Å². The zero-order valence-electron chi connectivity index (χ0n) is 9.22. The number of halogens is 1. The van der Waals surface area contributed by atoms with E-state index < -0.39 is 15.8 Å². The van der Waals surface area contributed by atoms with Crippen molar-refractivity contribution in [3.8, 4) is 0 Å². The topological polar surface area (TPSA) is 101 Å². The Balaban J connectivity index is 2.37. The first-order valence-corrected chi connectivity index (χ1v) is 6.52. The third kappa shape index (κ3) is 2.34. The van der Waals surface area contributed by atoms with E-state index >= 15 is 0 Å². The molecule has 8 heteroatoms. The lowest BCUT2D eigenvalue weighted by Crippen LogP contribution is -2.17. The van der Waals surface area contributed by atoms with Gasteiger partial charge in [0, 0.05) is 12.1 Å². The third-order valence-electron chi connectivity index (χ3n) is 2.28. The maximum atomic E-state index is 13.4. The predicted molar refractivity (Wildman–Crippen MR) is 63.7 cm³/mol. The summed E-state index contributed by atoms with van der Waals surface area (Å²) in [6.45, 7) is 0.0179. The number of aromatic amines is 1. The zero-order valence-corrected chi connectivity index (χ0v) is 10.0. The third-order valence-corrected chi connectivity index (χ3v) is 3.66. The highest BCUT2D eigenvalue weighted by Gasteiger charge is 2.21. The quantitative estimate of drug-likeness (QED) is 0.765. The molecule has 0 spiro atoms. The second-order valence-corrected chi connectivity index (χ2v) is 5.13. The van der Waals surface area contributed by atoms with Gasteiger partial charge in [0.2, 0.25) is 0 Å². The van der Waals surface area contributed by atoms with Gasteiger partial charge in [0.05, 0.1) is 11.9 Å². The first kappa shape index (κ1) is 12.5. The van der Waals surface area contributed by atoms with E-state index in [0.29, 0.717) is 5.56 Å². The lowest BCUT2D eigenvalue weighted by atomic mass is 10.3. The molecule has 1 heterocycles. The molecule has 0 atom stereocenters. The van der Waals surface area contributed by atoms with E-state index in [1.165, 1.54) is 24.4 Å². The molecule has 6 nitrogen and oxygen atoms in total. The number of sulfonamides is 1. The molecule has 0 fully saturated rings. The Hall–Kier alpha value is -1.93. The van der Waals surface area contributed by atoms with Crippen LogP contribution < -0.4 is 10.5 Å². The van der Waals surface area contributed by atoms with Crippen LogP contribution in [0.2, 0.25) is 0 Å². The predicted octanol–water partition coefficient (Wildman–Crippen LogP) is 0.808. The van der Waals surface area contributed by atoms with E-state index in [-0.39, 0.29) is 17.3 Å². The van der Waals surface area contributed by atoms with Crippen molar-refractivity contribution >= 4 is 15.7 Å². The molecule has 2 aromatic rings. The minimum atomic E-state index is -3.92. The molecule has 1 aromatic carbocycles. The summed E-state index contributed by atoms with van der Waals surface area (Å²) in [7, 11) is -3.92. The summed E-state index contributed by atoms with van der Waals surface area (Å²) in [6.07, 6.45) is 1.32. The molecular weight excluding hydrogens is 259 g/mol. The van der Waals surface area contributed by atoms with Crippen LogP contribution in [0.4, 0.5) is 10.1 Å². The van der Waals surface area contributed by atoms with Crippen molar-refractivity contribution in [1.29, 1.82) is 0 Å². The fraction of sp³-hybridized carbons (Fsp3) is 0.100. The van der Waals surface area contributed by atoms with Gasteiger partial charge < -0.3 is 5.73 Å². The number of benzene rings is 1. The molecule has 0 aliphatic heterocycles. The molecule has 0 unspecified atom stereocenters. The lowest BCUT2D eigenvalue weighted by molar-refractivity contribution is 0.593. The van der Waals surface area contributed by atoms with Gasteiger partial charge in [0.25, 0.3) is 10.0 Å². The maximum Gasteiger partial charge on any atom is 0.279 e. The van der Waals surface area contributed by atoms with Crippen LogP contribution in [0.25, 0.3) is 0 Å². The summed E-state index contributed by atoms with van der Waals surface area (Å²) < 4.78 is 39.5. The van der Waals surface area contributed by atoms with E-state index in [4.69, 9.17) is 5.73 Å². The highest BCUT2D eigenvalue weighted by Crippen LogP contribution is 2.19. The van der Waals surface area contributed by atoms with Gasteiger partial charge in [-0.1, -0.05) is 12.1 Å². The number of para-hydroxylation sites is 1. The molecule has 0 saturated carbocycles. The highest BCUT2D eigenvalue weighted by atomic mass is 32.2. The van der Waals surface area contributed by atoms with Crippen LogP contribution in [-0.4, -0.2) is 18.6 Å². The minimum absolute atomic E-state index is 0.0179. The zero-order chi connectivity index (χ0) is 13.2. The fourth-order valence-electron chi connectivity index (χ4n) is 1.42. The van der Waals surface area contributed by atoms with Crippen molar-refractivity contribution < 1.29 is 12.8 Å². The number of nitrogens with zero attached hydrogens (tertiary/aromatic N) is 1. The van der Waals surface area contributed by atoms with Crippen molar-refractivity contribution in [2.75, 3.05) is 4.72 Å². The molecule has 0 aliphatic carbocycles. The van der Waals surface area contributed by atoms with Gasteiger partial charge in [-0.3, -0.25) is 9.82 Å². The molecule has 0 aliphatic rings.